The number of anilines is 1. The third-order valence-electron chi connectivity index (χ3n) is 4.95. The van der Waals surface area contributed by atoms with Crippen LogP contribution in [-0.2, 0) is 4.79 Å². The highest BCUT2D eigenvalue weighted by Gasteiger charge is 2.40. The number of benzene rings is 1. The summed E-state index contributed by atoms with van der Waals surface area (Å²) < 4.78 is 26.4. The van der Waals surface area contributed by atoms with Crippen molar-refractivity contribution in [2.24, 2.45) is 0 Å². The van der Waals surface area contributed by atoms with E-state index in [1.54, 1.807) is 0 Å². The lowest BCUT2D eigenvalue weighted by Crippen LogP contribution is -2.63. The van der Waals surface area contributed by atoms with Crippen molar-refractivity contribution in [2.45, 2.75) is 37.6 Å². The van der Waals surface area contributed by atoms with Crippen LogP contribution in [0.25, 0.3) is 0 Å². The second-order valence-electron chi connectivity index (χ2n) is 6.59. The third kappa shape index (κ3) is 4.43. The van der Waals surface area contributed by atoms with Crippen LogP contribution in [0.2, 0.25) is 0 Å². The number of amides is 1. The molecule has 0 atom stereocenters. The number of carbonyl (C=O) groups is 1. The molecule has 2 N–H and O–H groups in total. The average molecular weight is 360 g/mol. The van der Waals surface area contributed by atoms with Crippen molar-refractivity contribution in [2.75, 3.05) is 31.5 Å². The second-order valence-corrected chi connectivity index (χ2v) is 6.59. The second kappa shape index (κ2) is 8.23. The molecule has 134 valence electrons. The Hall–Kier alpha value is -1.24. The van der Waals surface area contributed by atoms with E-state index in [0.717, 1.165) is 50.7 Å². The Labute approximate surface area is 147 Å². The molecule has 24 heavy (non-hydrogen) atoms. The van der Waals surface area contributed by atoms with Gasteiger partial charge in [0.15, 0.2) is 0 Å². The van der Waals surface area contributed by atoms with Gasteiger partial charge in [0.25, 0.3) is 0 Å². The van der Waals surface area contributed by atoms with Gasteiger partial charge < -0.3 is 10.6 Å². The Balaban J connectivity index is 0.00000208. The predicted octanol–water partition coefficient (Wildman–Crippen LogP) is 2.93. The number of hydrogen-bond donors (Lipinski definition) is 2. The van der Waals surface area contributed by atoms with E-state index in [0.29, 0.717) is 0 Å². The van der Waals surface area contributed by atoms with E-state index in [1.165, 1.54) is 19.3 Å². The summed E-state index contributed by atoms with van der Waals surface area (Å²) in [5, 5.41) is 6.05. The van der Waals surface area contributed by atoms with Crippen molar-refractivity contribution >= 4 is 24.0 Å². The zero-order chi connectivity index (χ0) is 16.3. The monoisotopic (exact) mass is 359 g/mol. The lowest BCUT2D eigenvalue weighted by Gasteiger charge is -2.49. The highest BCUT2D eigenvalue weighted by Crippen LogP contribution is 2.34. The van der Waals surface area contributed by atoms with Gasteiger partial charge in [-0.05, 0) is 25.0 Å². The highest BCUT2D eigenvalue weighted by molar-refractivity contribution is 5.92. The van der Waals surface area contributed by atoms with Crippen LogP contribution in [0.3, 0.4) is 0 Å². The molecule has 1 spiro atoms. The average Bonchev–Trinajstić information content (AvgIpc) is 2.49. The molecular formula is C17H24ClF2N3O. The Kier molecular flexibility index (Phi) is 6.54. The standard InChI is InChI=1S/C17H23F2N3O.ClH/c18-13-8-14(19)10-15(9-13)21-16(23)11-22-7-6-20-12-17(22)4-2-1-3-5-17;/h8-10,20H,1-7,11-12H2,(H,21,23);1H. The molecule has 1 saturated carbocycles. The minimum Gasteiger partial charge on any atom is -0.325 e. The van der Waals surface area contributed by atoms with Crippen LogP contribution in [0.5, 0.6) is 0 Å². The van der Waals surface area contributed by atoms with Crippen molar-refractivity contribution in [1.29, 1.82) is 0 Å². The maximum atomic E-state index is 13.2. The molecule has 1 heterocycles. The fraction of sp³-hybridized carbons (Fsp3) is 0.588. The molecule has 7 heteroatoms. The fourth-order valence-electron chi connectivity index (χ4n) is 3.83. The largest absolute Gasteiger partial charge is 0.325 e. The summed E-state index contributed by atoms with van der Waals surface area (Å²) >= 11 is 0. The van der Waals surface area contributed by atoms with Crippen molar-refractivity contribution in [3.63, 3.8) is 0 Å². The summed E-state index contributed by atoms with van der Waals surface area (Å²) in [6, 6.07) is 3.06. The van der Waals surface area contributed by atoms with Crippen LogP contribution in [0.1, 0.15) is 32.1 Å². The van der Waals surface area contributed by atoms with Crippen LogP contribution in [-0.4, -0.2) is 42.5 Å². The molecule has 4 nitrogen and oxygen atoms in total. The van der Waals surface area contributed by atoms with Crippen molar-refractivity contribution in [3.8, 4) is 0 Å². The highest BCUT2D eigenvalue weighted by atomic mass is 35.5. The summed E-state index contributed by atoms with van der Waals surface area (Å²) in [5.41, 5.74) is 0.224. The van der Waals surface area contributed by atoms with Gasteiger partial charge in [0.05, 0.1) is 6.54 Å². The predicted molar refractivity (Wildman–Crippen MR) is 92.5 cm³/mol. The number of piperazine rings is 1. The molecule has 1 aromatic rings. The van der Waals surface area contributed by atoms with E-state index in [4.69, 9.17) is 0 Å². The molecular weight excluding hydrogens is 336 g/mol. The summed E-state index contributed by atoms with van der Waals surface area (Å²) in [6.07, 6.45) is 5.83. The third-order valence-corrected chi connectivity index (χ3v) is 4.95. The van der Waals surface area contributed by atoms with E-state index < -0.39 is 11.6 Å². The van der Waals surface area contributed by atoms with Crippen LogP contribution in [0.15, 0.2) is 18.2 Å². The van der Waals surface area contributed by atoms with Crippen molar-refractivity contribution in [3.05, 3.63) is 29.8 Å². The molecule has 0 aromatic heterocycles. The molecule has 1 amide bonds. The van der Waals surface area contributed by atoms with Gasteiger partial charge in [-0.15, -0.1) is 12.4 Å². The topological polar surface area (TPSA) is 44.4 Å². The smallest absolute Gasteiger partial charge is 0.238 e. The van der Waals surface area contributed by atoms with Crippen LogP contribution in [0.4, 0.5) is 14.5 Å². The number of nitrogens with one attached hydrogen (secondary N) is 2. The lowest BCUT2D eigenvalue weighted by molar-refractivity contribution is -0.120. The first kappa shape index (κ1) is 19.1. The van der Waals surface area contributed by atoms with Crippen molar-refractivity contribution in [1.82, 2.24) is 10.2 Å². The number of rotatable bonds is 3. The van der Waals surface area contributed by atoms with Crippen molar-refractivity contribution < 1.29 is 13.6 Å². The van der Waals surface area contributed by atoms with Gasteiger partial charge in [0.1, 0.15) is 11.6 Å². The zero-order valence-electron chi connectivity index (χ0n) is 13.6. The minimum atomic E-state index is -0.689. The molecule has 0 bridgehead atoms. The molecule has 1 aliphatic heterocycles. The van der Waals surface area contributed by atoms with Crippen LogP contribution < -0.4 is 10.6 Å². The summed E-state index contributed by atoms with van der Waals surface area (Å²) in [4.78, 5) is 14.6. The maximum absolute atomic E-state index is 13.2. The SMILES string of the molecule is Cl.O=C(CN1CCNCC12CCCCC2)Nc1cc(F)cc(F)c1. The van der Waals surface area contributed by atoms with Crippen LogP contribution in [0, 0.1) is 11.6 Å². The number of carbonyl (C=O) groups excluding carboxylic acids is 1. The molecule has 2 aliphatic rings. The molecule has 0 radical (unpaired) electrons. The maximum Gasteiger partial charge on any atom is 0.238 e. The Morgan fingerprint density at radius 1 is 1.17 bits per heavy atom. The van der Waals surface area contributed by atoms with E-state index in [2.05, 4.69) is 15.5 Å². The van der Waals surface area contributed by atoms with Crippen LogP contribution >= 0.6 is 12.4 Å². The van der Waals surface area contributed by atoms with Gasteiger partial charge in [-0.1, -0.05) is 19.3 Å². The Morgan fingerprint density at radius 2 is 1.83 bits per heavy atom. The molecule has 3 rings (SSSR count). The molecule has 2 fully saturated rings. The Bertz CT molecular complexity index is 550. The van der Waals surface area contributed by atoms with E-state index in [1.807, 2.05) is 0 Å². The first-order chi connectivity index (χ1) is 11.1. The van der Waals surface area contributed by atoms with Gasteiger partial charge in [0, 0.05) is 36.9 Å². The lowest BCUT2D eigenvalue weighted by atomic mass is 9.79. The molecule has 1 aromatic carbocycles. The number of nitrogens with zero attached hydrogens (tertiary/aromatic N) is 1. The summed E-state index contributed by atoms with van der Waals surface area (Å²) in [7, 11) is 0. The van der Waals surface area contributed by atoms with Gasteiger partial charge in [-0.2, -0.15) is 0 Å². The molecule has 0 unspecified atom stereocenters. The summed E-state index contributed by atoms with van der Waals surface area (Å²) in [5.74, 6) is -1.60. The number of hydrogen-bond acceptors (Lipinski definition) is 3. The minimum absolute atomic E-state index is 0. The first-order valence-electron chi connectivity index (χ1n) is 8.29. The Morgan fingerprint density at radius 3 is 2.50 bits per heavy atom. The molecule has 1 saturated heterocycles. The summed E-state index contributed by atoms with van der Waals surface area (Å²) in [6.45, 7) is 2.86. The van der Waals surface area contributed by atoms with Gasteiger partial charge in [0.2, 0.25) is 5.91 Å². The van der Waals surface area contributed by atoms with E-state index in [9.17, 15) is 13.6 Å². The van der Waals surface area contributed by atoms with Gasteiger partial charge in [-0.3, -0.25) is 9.69 Å². The van der Waals surface area contributed by atoms with E-state index >= 15 is 0 Å². The zero-order valence-corrected chi connectivity index (χ0v) is 14.4. The first-order valence-corrected chi connectivity index (χ1v) is 8.29. The van der Waals surface area contributed by atoms with E-state index in [-0.39, 0.29) is 36.1 Å². The quantitative estimate of drug-likeness (QED) is 0.872. The number of halogens is 3. The fourth-order valence-corrected chi connectivity index (χ4v) is 3.83. The van der Waals surface area contributed by atoms with Gasteiger partial charge >= 0.3 is 0 Å². The molecule has 1 aliphatic carbocycles. The normalized spacial score (nSPS) is 20.4. The van der Waals surface area contributed by atoms with Gasteiger partial charge in [-0.25, -0.2) is 8.78 Å².